The largest absolute Gasteiger partial charge is 0.508 e. The van der Waals surface area contributed by atoms with Crippen LogP contribution in [-0.2, 0) is 11.3 Å². The Morgan fingerprint density at radius 3 is 3.05 bits per heavy atom. The molecule has 1 aliphatic heterocycles. The number of aromatic nitrogens is 2. The number of ether oxygens (including phenoxy) is 2. The first-order chi connectivity index (χ1) is 10.7. The number of phenols is 1. The van der Waals surface area contributed by atoms with Crippen molar-refractivity contribution in [2.45, 2.75) is 12.5 Å². The van der Waals surface area contributed by atoms with Crippen molar-refractivity contribution in [3.63, 3.8) is 0 Å². The maximum absolute atomic E-state index is 9.73. The first kappa shape index (κ1) is 14.0. The zero-order valence-electron chi connectivity index (χ0n) is 11.8. The monoisotopic (exact) mass is 298 g/mol. The molecule has 4 N–H and O–H groups in total. The van der Waals surface area contributed by atoms with Gasteiger partial charge >= 0.3 is 0 Å². The van der Waals surface area contributed by atoms with E-state index < -0.39 is 5.92 Å². The fourth-order valence-corrected chi connectivity index (χ4v) is 2.60. The van der Waals surface area contributed by atoms with Crippen LogP contribution in [0, 0.1) is 11.3 Å². The third kappa shape index (κ3) is 2.16. The number of aromatic hydroxyl groups is 1. The lowest BCUT2D eigenvalue weighted by Crippen LogP contribution is -2.21. The highest BCUT2D eigenvalue weighted by Crippen LogP contribution is 2.43. The lowest BCUT2D eigenvalue weighted by molar-refractivity contribution is 0.180. The molecule has 1 atom stereocenters. The lowest BCUT2D eigenvalue weighted by atomic mass is 9.84. The van der Waals surface area contributed by atoms with Crippen LogP contribution >= 0.6 is 0 Å². The maximum atomic E-state index is 9.73. The molecule has 0 amide bonds. The quantitative estimate of drug-likeness (QED) is 0.790. The lowest BCUT2D eigenvalue weighted by Gasteiger charge is -2.24. The summed E-state index contributed by atoms with van der Waals surface area (Å²) in [7, 11) is 1.57. The predicted octanol–water partition coefficient (Wildman–Crippen LogP) is 1.48. The number of nitrogens with two attached hydrogens (primary N) is 1. The van der Waals surface area contributed by atoms with Gasteiger partial charge in [-0.15, -0.1) is 5.10 Å². The molecule has 1 aliphatic rings. The summed E-state index contributed by atoms with van der Waals surface area (Å²) in [5, 5.41) is 26.1. The number of H-pyrrole nitrogens is 1. The highest BCUT2D eigenvalue weighted by Gasteiger charge is 2.35. The Morgan fingerprint density at radius 1 is 1.55 bits per heavy atom. The maximum Gasteiger partial charge on any atom is 0.244 e. The molecule has 112 valence electrons. The molecule has 0 bridgehead atoms. The summed E-state index contributed by atoms with van der Waals surface area (Å²) in [5.41, 5.74) is 8.23. The van der Waals surface area contributed by atoms with Gasteiger partial charge in [-0.3, -0.25) is 5.10 Å². The number of fused-ring (bicyclic) bond motifs is 1. The summed E-state index contributed by atoms with van der Waals surface area (Å²) >= 11 is 0. The number of methoxy groups -OCH3 is 1. The van der Waals surface area contributed by atoms with Gasteiger partial charge < -0.3 is 20.3 Å². The zero-order valence-corrected chi connectivity index (χ0v) is 11.8. The van der Waals surface area contributed by atoms with Crippen molar-refractivity contribution >= 4 is 0 Å². The van der Waals surface area contributed by atoms with Gasteiger partial charge in [-0.05, 0) is 17.7 Å². The van der Waals surface area contributed by atoms with E-state index in [0.717, 1.165) is 5.56 Å². The summed E-state index contributed by atoms with van der Waals surface area (Å²) in [6.45, 7) is 0.291. The average molecular weight is 298 g/mol. The molecule has 2 aromatic rings. The van der Waals surface area contributed by atoms with Gasteiger partial charge in [-0.25, -0.2) is 0 Å². The Labute approximate surface area is 126 Å². The standard InChI is InChI=1S/C15H14N4O3/c1-21-7-11-13-12(8-3-2-4-9(20)5-8)10(6-16)14(17)22-15(13)19-18-11/h2-5,12,20H,7,17H2,1H3,(H,18,19)/t12-/m1/s1. The van der Waals surface area contributed by atoms with Crippen LogP contribution in [0.1, 0.15) is 22.7 Å². The summed E-state index contributed by atoms with van der Waals surface area (Å²) in [5.74, 6) is -0.0290. The molecule has 0 saturated heterocycles. The SMILES string of the molecule is COCc1[nH]nc2c1[C@H](c1cccc(O)c1)C(C#N)=C(N)O2. The third-order valence-electron chi connectivity index (χ3n) is 3.51. The number of aromatic amines is 1. The first-order valence-electron chi connectivity index (χ1n) is 6.58. The number of nitriles is 1. The Hall–Kier alpha value is -2.98. The summed E-state index contributed by atoms with van der Waals surface area (Å²) in [6, 6.07) is 8.76. The van der Waals surface area contributed by atoms with Crippen LogP contribution in [0.2, 0.25) is 0 Å². The Balaban J connectivity index is 2.21. The van der Waals surface area contributed by atoms with E-state index in [4.69, 9.17) is 15.2 Å². The highest BCUT2D eigenvalue weighted by atomic mass is 16.5. The fourth-order valence-electron chi connectivity index (χ4n) is 2.60. The van der Waals surface area contributed by atoms with Crippen molar-refractivity contribution in [3.8, 4) is 17.7 Å². The molecule has 7 heteroatoms. The highest BCUT2D eigenvalue weighted by molar-refractivity contribution is 5.55. The van der Waals surface area contributed by atoms with Gasteiger partial charge in [-0.2, -0.15) is 5.26 Å². The van der Waals surface area contributed by atoms with Gasteiger partial charge in [0.05, 0.1) is 23.8 Å². The van der Waals surface area contributed by atoms with Crippen molar-refractivity contribution in [1.29, 1.82) is 5.26 Å². The normalized spacial score (nSPS) is 16.8. The molecule has 3 rings (SSSR count). The van der Waals surface area contributed by atoms with E-state index in [1.807, 2.05) is 6.07 Å². The fraction of sp³-hybridized carbons (Fsp3) is 0.200. The van der Waals surface area contributed by atoms with E-state index in [1.54, 1.807) is 25.3 Å². The molecule has 0 aliphatic carbocycles. The zero-order chi connectivity index (χ0) is 15.7. The summed E-state index contributed by atoms with van der Waals surface area (Å²) < 4.78 is 10.6. The smallest absolute Gasteiger partial charge is 0.244 e. The third-order valence-corrected chi connectivity index (χ3v) is 3.51. The molecule has 22 heavy (non-hydrogen) atoms. The number of rotatable bonds is 3. The van der Waals surface area contributed by atoms with Gasteiger partial charge in [0.1, 0.15) is 17.4 Å². The van der Waals surface area contributed by atoms with Gasteiger partial charge in [0, 0.05) is 7.11 Å². The summed E-state index contributed by atoms with van der Waals surface area (Å²) in [6.07, 6.45) is 0. The van der Waals surface area contributed by atoms with Crippen LogP contribution in [0.3, 0.4) is 0 Å². The van der Waals surface area contributed by atoms with Gasteiger partial charge in [-0.1, -0.05) is 12.1 Å². The second-order valence-corrected chi connectivity index (χ2v) is 4.87. The van der Waals surface area contributed by atoms with Gasteiger partial charge in [0.2, 0.25) is 11.8 Å². The number of hydrogen-bond donors (Lipinski definition) is 3. The van der Waals surface area contributed by atoms with Crippen LogP contribution in [0.4, 0.5) is 0 Å². The van der Waals surface area contributed by atoms with Crippen molar-refractivity contribution in [1.82, 2.24) is 10.2 Å². The van der Waals surface area contributed by atoms with E-state index in [2.05, 4.69) is 16.3 Å². The van der Waals surface area contributed by atoms with E-state index in [1.165, 1.54) is 0 Å². The number of benzene rings is 1. The molecular weight excluding hydrogens is 284 g/mol. The molecular formula is C15H14N4O3. The number of allylic oxidation sites excluding steroid dienone is 1. The van der Waals surface area contributed by atoms with E-state index in [-0.39, 0.29) is 17.2 Å². The molecule has 1 aromatic heterocycles. The van der Waals surface area contributed by atoms with E-state index >= 15 is 0 Å². The van der Waals surface area contributed by atoms with Crippen LogP contribution < -0.4 is 10.5 Å². The Bertz CT molecular complexity index is 788. The van der Waals surface area contributed by atoms with Crippen molar-refractivity contribution in [3.05, 3.63) is 52.5 Å². The topological polar surface area (TPSA) is 117 Å². The Morgan fingerprint density at radius 2 is 2.36 bits per heavy atom. The Kier molecular flexibility index (Phi) is 3.45. The average Bonchev–Trinajstić information content (AvgIpc) is 2.88. The minimum Gasteiger partial charge on any atom is -0.508 e. The molecule has 7 nitrogen and oxygen atoms in total. The van der Waals surface area contributed by atoms with Gasteiger partial charge in [0.15, 0.2) is 0 Å². The number of hydrogen-bond acceptors (Lipinski definition) is 6. The van der Waals surface area contributed by atoms with Crippen molar-refractivity contribution in [2.75, 3.05) is 7.11 Å². The predicted molar refractivity (Wildman–Crippen MR) is 76.7 cm³/mol. The van der Waals surface area contributed by atoms with Crippen molar-refractivity contribution in [2.24, 2.45) is 5.73 Å². The molecule has 1 aromatic carbocycles. The van der Waals surface area contributed by atoms with Crippen LogP contribution in [0.5, 0.6) is 11.6 Å². The second kappa shape index (κ2) is 5.42. The molecule has 0 fully saturated rings. The van der Waals surface area contributed by atoms with Crippen LogP contribution in [-0.4, -0.2) is 22.4 Å². The molecule has 0 saturated carbocycles. The summed E-state index contributed by atoms with van der Waals surface area (Å²) in [4.78, 5) is 0. The van der Waals surface area contributed by atoms with Gasteiger partial charge in [0.25, 0.3) is 0 Å². The number of nitrogens with zero attached hydrogens (tertiary/aromatic N) is 2. The minimum absolute atomic E-state index is 0.0128. The van der Waals surface area contributed by atoms with Crippen LogP contribution in [0.25, 0.3) is 0 Å². The molecule has 0 radical (unpaired) electrons. The first-order valence-corrected chi connectivity index (χ1v) is 6.58. The van der Waals surface area contributed by atoms with Crippen molar-refractivity contribution < 1.29 is 14.6 Å². The molecule has 0 unspecified atom stereocenters. The minimum atomic E-state index is -0.468. The van der Waals surface area contributed by atoms with E-state index in [0.29, 0.717) is 23.7 Å². The molecule has 0 spiro atoms. The second-order valence-electron chi connectivity index (χ2n) is 4.87. The van der Waals surface area contributed by atoms with Crippen LogP contribution in [0.15, 0.2) is 35.7 Å². The molecule has 2 heterocycles. The van der Waals surface area contributed by atoms with E-state index in [9.17, 15) is 10.4 Å². The number of phenolic OH excluding ortho intramolecular Hbond substituents is 1. The number of nitrogens with one attached hydrogen (secondary N) is 1.